The van der Waals surface area contributed by atoms with Gasteiger partial charge >= 0.3 is 0 Å². The summed E-state index contributed by atoms with van der Waals surface area (Å²) >= 11 is 0. The maximum absolute atomic E-state index is 13.0. The Morgan fingerprint density at radius 3 is 2.56 bits per heavy atom. The summed E-state index contributed by atoms with van der Waals surface area (Å²) in [4.78, 5) is 15.4. The average molecular weight is 367 g/mol. The van der Waals surface area contributed by atoms with Crippen molar-refractivity contribution < 1.29 is 4.79 Å². The highest BCUT2D eigenvalue weighted by Crippen LogP contribution is 2.62. The third-order valence-corrected chi connectivity index (χ3v) is 8.14. The van der Waals surface area contributed by atoms with Crippen LogP contribution in [0.1, 0.15) is 70.3 Å². The van der Waals surface area contributed by atoms with Crippen LogP contribution in [0.4, 0.5) is 0 Å². The van der Waals surface area contributed by atoms with Crippen molar-refractivity contribution >= 4 is 5.91 Å². The van der Waals surface area contributed by atoms with Crippen molar-refractivity contribution in [1.29, 1.82) is 0 Å². The second kappa shape index (κ2) is 6.62. The Balaban J connectivity index is 1.34. The van der Waals surface area contributed by atoms with Gasteiger partial charge in [-0.3, -0.25) is 9.69 Å². The van der Waals surface area contributed by atoms with E-state index in [0.717, 1.165) is 24.8 Å². The smallest absolute Gasteiger partial charge is 0.234 e. The van der Waals surface area contributed by atoms with Crippen LogP contribution in [0.5, 0.6) is 0 Å². The van der Waals surface area contributed by atoms with Crippen molar-refractivity contribution in [3.63, 3.8) is 0 Å². The summed E-state index contributed by atoms with van der Waals surface area (Å²) < 4.78 is 0. The largest absolute Gasteiger partial charge is 0.350 e. The zero-order valence-electron chi connectivity index (χ0n) is 16.8. The molecule has 6 rings (SSSR count). The first-order valence-corrected chi connectivity index (χ1v) is 11.2. The Bertz CT molecular complexity index is 686. The molecule has 27 heavy (non-hydrogen) atoms. The molecule has 3 nitrogen and oxygen atoms in total. The highest BCUT2D eigenvalue weighted by atomic mass is 16.2. The van der Waals surface area contributed by atoms with Gasteiger partial charge in [0, 0.05) is 11.6 Å². The number of nitrogens with one attached hydrogen (secondary N) is 1. The summed E-state index contributed by atoms with van der Waals surface area (Å²) in [5.74, 6) is 1.86. The van der Waals surface area contributed by atoms with Crippen LogP contribution in [-0.2, 0) is 10.2 Å². The molecule has 1 aromatic rings. The van der Waals surface area contributed by atoms with Crippen molar-refractivity contribution in [2.45, 2.75) is 81.7 Å². The molecule has 4 aliphatic carbocycles. The Hall–Kier alpha value is -1.35. The molecular weight excluding hydrogens is 332 g/mol. The topological polar surface area (TPSA) is 32.3 Å². The van der Waals surface area contributed by atoms with Gasteiger partial charge in [-0.05, 0) is 87.6 Å². The zero-order chi connectivity index (χ0) is 18.5. The number of nitrogens with zero attached hydrogens (tertiary/aromatic N) is 1. The number of rotatable bonds is 4. The zero-order valence-corrected chi connectivity index (χ0v) is 16.8. The summed E-state index contributed by atoms with van der Waals surface area (Å²) in [5.41, 5.74) is 1.87. The number of hydrogen-bond acceptors (Lipinski definition) is 2. The monoisotopic (exact) mass is 366 g/mol. The lowest BCUT2D eigenvalue weighted by molar-refractivity contribution is -0.129. The minimum atomic E-state index is 0.0516. The summed E-state index contributed by atoms with van der Waals surface area (Å²) in [6.07, 6.45) is 11.4. The van der Waals surface area contributed by atoms with Crippen molar-refractivity contribution in [2.24, 2.45) is 11.8 Å². The number of piperidine rings is 1. The van der Waals surface area contributed by atoms with Crippen molar-refractivity contribution in [3.05, 3.63) is 35.9 Å². The first-order chi connectivity index (χ1) is 13.1. The molecule has 1 N–H and O–H groups in total. The fourth-order valence-corrected chi connectivity index (χ4v) is 7.45. The lowest BCUT2D eigenvalue weighted by Crippen LogP contribution is -2.65. The molecule has 5 atom stereocenters. The van der Waals surface area contributed by atoms with E-state index >= 15 is 0 Å². The second-order valence-electron chi connectivity index (χ2n) is 10.3. The van der Waals surface area contributed by atoms with Gasteiger partial charge in [0.05, 0.1) is 6.54 Å². The molecule has 3 heteroatoms. The molecule has 0 aromatic heterocycles. The number of benzene rings is 1. The normalized spacial score (nSPS) is 40.9. The van der Waals surface area contributed by atoms with Crippen LogP contribution in [0.2, 0.25) is 0 Å². The Morgan fingerprint density at radius 2 is 1.85 bits per heavy atom. The number of hydrogen-bond donors (Lipinski definition) is 1. The lowest BCUT2D eigenvalue weighted by Gasteiger charge is -2.62. The van der Waals surface area contributed by atoms with Crippen molar-refractivity contribution in [2.75, 3.05) is 13.1 Å². The molecule has 0 radical (unpaired) electrons. The van der Waals surface area contributed by atoms with Crippen molar-refractivity contribution in [1.82, 2.24) is 10.2 Å². The molecule has 4 bridgehead atoms. The van der Waals surface area contributed by atoms with E-state index in [0.29, 0.717) is 18.0 Å². The predicted octanol–water partition coefficient (Wildman–Crippen LogP) is 4.27. The molecule has 4 saturated carbocycles. The fraction of sp³-hybridized carbons (Fsp3) is 0.708. The molecule has 146 valence electrons. The van der Waals surface area contributed by atoms with E-state index in [-0.39, 0.29) is 11.4 Å². The van der Waals surface area contributed by atoms with Crippen LogP contribution < -0.4 is 5.32 Å². The van der Waals surface area contributed by atoms with E-state index in [1.807, 2.05) is 0 Å². The molecule has 1 aliphatic heterocycles. The summed E-state index contributed by atoms with van der Waals surface area (Å²) in [6, 6.07) is 11.7. The van der Waals surface area contributed by atoms with Gasteiger partial charge in [-0.1, -0.05) is 36.8 Å². The highest BCUT2D eigenvalue weighted by molar-refractivity contribution is 5.79. The third-order valence-electron chi connectivity index (χ3n) is 8.14. The van der Waals surface area contributed by atoms with Gasteiger partial charge in [0.2, 0.25) is 5.91 Å². The molecule has 1 saturated heterocycles. The number of carbonyl (C=O) groups is 1. The maximum atomic E-state index is 13.0. The summed E-state index contributed by atoms with van der Waals surface area (Å²) in [7, 11) is 0. The Labute approximate surface area is 163 Å². The van der Waals surface area contributed by atoms with Gasteiger partial charge in [-0.25, -0.2) is 0 Å². The molecule has 0 spiro atoms. The van der Waals surface area contributed by atoms with Crippen LogP contribution in [0.15, 0.2) is 30.3 Å². The maximum Gasteiger partial charge on any atom is 0.234 e. The molecule has 3 unspecified atom stereocenters. The lowest BCUT2D eigenvalue weighted by atomic mass is 9.45. The molecule has 1 aromatic carbocycles. The van der Waals surface area contributed by atoms with Crippen LogP contribution >= 0.6 is 0 Å². The minimum absolute atomic E-state index is 0.0516. The second-order valence-corrected chi connectivity index (χ2v) is 10.3. The van der Waals surface area contributed by atoms with E-state index in [9.17, 15) is 4.79 Å². The molecular formula is C24H34N2O. The van der Waals surface area contributed by atoms with Crippen molar-refractivity contribution in [3.8, 4) is 0 Å². The Kier molecular flexibility index (Phi) is 4.34. The van der Waals surface area contributed by atoms with Gasteiger partial charge in [0.25, 0.3) is 0 Å². The first kappa shape index (κ1) is 17.7. The van der Waals surface area contributed by atoms with E-state index in [2.05, 4.69) is 47.5 Å². The summed E-state index contributed by atoms with van der Waals surface area (Å²) in [6.45, 7) is 3.96. The van der Waals surface area contributed by atoms with Gasteiger partial charge in [0.1, 0.15) is 0 Å². The quantitative estimate of drug-likeness (QED) is 0.863. The predicted molar refractivity (Wildman–Crippen MR) is 109 cm³/mol. The SMILES string of the molecule is CC1CCCCN1CC(=O)NC12C[C@H]3C[C@@H](C1)CC(c1ccccc1)(C3)C2. The average Bonchev–Trinajstić information content (AvgIpc) is 2.63. The number of amides is 1. The van der Waals surface area contributed by atoms with Gasteiger partial charge in [-0.2, -0.15) is 0 Å². The van der Waals surface area contributed by atoms with E-state index in [4.69, 9.17) is 0 Å². The molecule has 1 heterocycles. The van der Waals surface area contributed by atoms with Crippen LogP contribution in [0.25, 0.3) is 0 Å². The number of carbonyl (C=O) groups excluding carboxylic acids is 1. The van der Waals surface area contributed by atoms with Crippen LogP contribution in [0, 0.1) is 11.8 Å². The molecule has 5 fully saturated rings. The molecule has 5 aliphatic rings. The Morgan fingerprint density at radius 1 is 1.11 bits per heavy atom. The van der Waals surface area contributed by atoms with Gasteiger partial charge in [0.15, 0.2) is 0 Å². The van der Waals surface area contributed by atoms with Gasteiger partial charge < -0.3 is 5.32 Å². The van der Waals surface area contributed by atoms with Crippen LogP contribution in [-0.4, -0.2) is 35.5 Å². The van der Waals surface area contributed by atoms with E-state index in [1.165, 1.54) is 56.9 Å². The van der Waals surface area contributed by atoms with Crippen LogP contribution in [0.3, 0.4) is 0 Å². The fourth-order valence-electron chi connectivity index (χ4n) is 7.45. The molecule has 1 amide bonds. The minimum Gasteiger partial charge on any atom is -0.350 e. The summed E-state index contributed by atoms with van der Waals surface area (Å²) in [5, 5.41) is 3.61. The highest BCUT2D eigenvalue weighted by Gasteiger charge is 2.58. The van der Waals surface area contributed by atoms with Gasteiger partial charge in [-0.15, -0.1) is 0 Å². The third kappa shape index (κ3) is 3.22. The first-order valence-electron chi connectivity index (χ1n) is 11.2. The van der Waals surface area contributed by atoms with E-state index in [1.54, 1.807) is 0 Å². The van der Waals surface area contributed by atoms with E-state index < -0.39 is 0 Å². The number of likely N-dealkylation sites (tertiary alicyclic amines) is 1. The standard InChI is InChI=1S/C24H34N2O/c1-18-7-5-6-10-26(18)16-22(27)25-24-14-19-11-20(15-24)13-23(12-19,17-24)21-8-3-2-4-9-21/h2-4,8-9,18-20H,5-7,10-17H2,1H3,(H,25,27)/t18?,19-,20+,23?,24?.